The van der Waals surface area contributed by atoms with Crippen molar-refractivity contribution in [2.75, 3.05) is 32.1 Å². The maximum Gasteiger partial charge on any atom is 0.129 e. The first-order valence-electron chi connectivity index (χ1n) is 6.39. The van der Waals surface area contributed by atoms with Gasteiger partial charge in [-0.15, -0.1) is 0 Å². The van der Waals surface area contributed by atoms with E-state index in [-0.39, 0.29) is 12.4 Å². The van der Waals surface area contributed by atoms with Crippen LogP contribution >= 0.6 is 0 Å². The van der Waals surface area contributed by atoms with Crippen molar-refractivity contribution < 1.29 is 4.39 Å². The van der Waals surface area contributed by atoms with Crippen LogP contribution in [0.1, 0.15) is 19.4 Å². The Morgan fingerprint density at radius 3 is 2.44 bits per heavy atom. The minimum atomic E-state index is -0.217. The van der Waals surface area contributed by atoms with E-state index in [1.807, 2.05) is 20.2 Å². The SMILES string of the molecule is CCN(c1ccc(CN)c(F)c1)C(C)CN(C)C. The number of nitrogens with two attached hydrogens (primary N) is 1. The van der Waals surface area contributed by atoms with Gasteiger partial charge in [-0.2, -0.15) is 0 Å². The summed E-state index contributed by atoms with van der Waals surface area (Å²) in [7, 11) is 4.09. The molecule has 0 aliphatic rings. The Bertz CT molecular complexity index is 379. The Labute approximate surface area is 109 Å². The molecule has 1 aromatic carbocycles. The third kappa shape index (κ3) is 3.68. The van der Waals surface area contributed by atoms with Crippen molar-refractivity contribution in [3.63, 3.8) is 0 Å². The van der Waals surface area contributed by atoms with Crippen LogP contribution in [0.3, 0.4) is 0 Å². The minimum absolute atomic E-state index is 0.217. The van der Waals surface area contributed by atoms with Gasteiger partial charge in [-0.05, 0) is 40.1 Å². The quantitative estimate of drug-likeness (QED) is 0.842. The van der Waals surface area contributed by atoms with Crippen LogP contribution in [0.25, 0.3) is 0 Å². The van der Waals surface area contributed by atoms with E-state index in [2.05, 4.69) is 23.6 Å². The molecule has 0 saturated carbocycles. The Balaban J connectivity index is 2.91. The first-order valence-corrected chi connectivity index (χ1v) is 6.39. The van der Waals surface area contributed by atoms with E-state index in [1.165, 1.54) is 0 Å². The number of benzene rings is 1. The van der Waals surface area contributed by atoms with Gasteiger partial charge in [0.2, 0.25) is 0 Å². The average Bonchev–Trinajstić information content (AvgIpc) is 2.29. The third-order valence-electron chi connectivity index (χ3n) is 3.09. The van der Waals surface area contributed by atoms with E-state index >= 15 is 0 Å². The van der Waals surface area contributed by atoms with E-state index in [1.54, 1.807) is 12.1 Å². The van der Waals surface area contributed by atoms with E-state index in [9.17, 15) is 4.39 Å². The molecular formula is C14H24FN3. The van der Waals surface area contributed by atoms with Crippen LogP contribution in [-0.2, 0) is 6.54 Å². The topological polar surface area (TPSA) is 32.5 Å². The molecule has 0 aliphatic heterocycles. The zero-order valence-corrected chi connectivity index (χ0v) is 11.8. The predicted octanol–water partition coefficient (Wildman–Crippen LogP) is 2.06. The van der Waals surface area contributed by atoms with Gasteiger partial charge in [0.05, 0.1) is 0 Å². The molecule has 0 heterocycles. The van der Waals surface area contributed by atoms with Gasteiger partial charge >= 0.3 is 0 Å². The lowest BCUT2D eigenvalue weighted by molar-refractivity contribution is 0.373. The highest BCUT2D eigenvalue weighted by Crippen LogP contribution is 2.20. The van der Waals surface area contributed by atoms with E-state index in [4.69, 9.17) is 5.73 Å². The molecule has 0 radical (unpaired) electrons. The van der Waals surface area contributed by atoms with Crippen LogP contribution in [0, 0.1) is 5.82 Å². The molecule has 0 aliphatic carbocycles. The normalized spacial score (nSPS) is 12.8. The van der Waals surface area contributed by atoms with Crippen molar-refractivity contribution in [1.82, 2.24) is 4.90 Å². The Hall–Kier alpha value is -1.13. The molecule has 2 N–H and O–H groups in total. The molecule has 0 fully saturated rings. The molecule has 0 spiro atoms. The van der Waals surface area contributed by atoms with E-state index in [0.29, 0.717) is 11.6 Å². The van der Waals surface area contributed by atoms with Crippen molar-refractivity contribution in [3.05, 3.63) is 29.6 Å². The lowest BCUT2D eigenvalue weighted by Gasteiger charge is -2.32. The summed E-state index contributed by atoms with van der Waals surface area (Å²) < 4.78 is 13.8. The molecule has 18 heavy (non-hydrogen) atoms. The Kier molecular flexibility index (Phi) is 5.56. The molecule has 0 saturated heterocycles. The molecule has 1 rings (SSSR count). The molecule has 102 valence electrons. The van der Waals surface area contributed by atoms with Gasteiger partial charge in [-0.1, -0.05) is 6.07 Å². The summed E-state index contributed by atoms with van der Waals surface area (Å²) in [5.74, 6) is -0.217. The van der Waals surface area contributed by atoms with Gasteiger partial charge in [0.15, 0.2) is 0 Å². The highest BCUT2D eigenvalue weighted by molar-refractivity contribution is 5.49. The number of hydrogen-bond donors (Lipinski definition) is 1. The molecule has 1 aromatic rings. The first kappa shape index (κ1) is 14.9. The van der Waals surface area contributed by atoms with Gasteiger partial charge in [0.25, 0.3) is 0 Å². The lowest BCUT2D eigenvalue weighted by atomic mass is 10.1. The molecule has 0 aromatic heterocycles. The Morgan fingerprint density at radius 2 is 2.00 bits per heavy atom. The van der Waals surface area contributed by atoms with Crippen LogP contribution in [0.15, 0.2) is 18.2 Å². The molecule has 4 heteroatoms. The second kappa shape index (κ2) is 6.71. The number of hydrogen-bond acceptors (Lipinski definition) is 3. The molecular weight excluding hydrogens is 229 g/mol. The molecule has 0 bridgehead atoms. The monoisotopic (exact) mass is 253 g/mol. The minimum Gasteiger partial charge on any atom is -0.368 e. The number of halogens is 1. The summed E-state index contributed by atoms with van der Waals surface area (Å²) >= 11 is 0. The van der Waals surface area contributed by atoms with Gasteiger partial charge < -0.3 is 15.5 Å². The lowest BCUT2D eigenvalue weighted by Crippen LogP contribution is -2.40. The smallest absolute Gasteiger partial charge is 0.129 e. The second-order valence-electron chi connectivity index (χ2n) is 4.88. The first-order chi connectivity index (χ1) is 8.49. The van der Waals surface area contributed by atoms with Crippen LogP contribution in [-0.4, -0.2) is 38.1 Å². The van der Waals surface area contributed by atoms with Gasteiger partial charge in [0.1, 0.15) is 5.82 Å². The summed E-state index contributed by atoms with van der Waals surface area (Å²) in [6.45, 7) is 6.27. The highest BCUT2D eigenvalue weighted by Gasteiger charge is 2.15. The number of rotatable bonds is 6. The van der Waals surface area contributed by atoms with Crippen LogP contribution in [0.4, 0.5) is 10.1 Å². The van der Waals surface area contributed by atoms with Gasteiger partial charge in [-0.3, -0.25) is 0 Å². The number of likely N-dealkylation sites (N-methyl/N-ethyl adjacent to an activating group) is 2. The van der Waals surface area contributed by atoms with Crippen molar-refractivity contribution >= 4 is 5.69 Å². The molecule has 3 nitrogen and oxygen atoms in total. The maximum absolute atomic E-state index is 13.8. The van der Waals surface area contributed by atoms with Gasteiger partial charge in [0, 0.05) is 36.9 Å². The van der Waals surface area contributed by atoms with Crippen LogP contribution < -0.4 is 10.6 Å². The summed E-state index contributed by atoms with van der Waals surface area (Å²) in [6, 6.07) is 5.64. The highest BCUT2D eigenvalue weighted by atomic mass is 19.1. The van der Waals surface area contributed by atoms with Crippen molar-refractivity contribution in [2.24, 2.45) is 5.73 Å². The summed E-state index contributed by atoms with van der Waals surface area (Å²) in [6.07, 6.45) is 0. The summed E-state index contributed by atoms with van der Waals surface area (Å²) in [5, 5.41) is 0. The molecule has 1 unspecified atom stereocenters. The fourth-order valence-corrected chi connectivity index (χ4v) is 2.26. The third-order valence-corrected chi connectivity index (χ3v) is 3.09. The molecule has 0 amide bonds. The van der Waals surface area contributed by atoms with Crippen molar-refractivity contribution in [3.8, 4) is 0 Å². The van der Waals surface area contributed by atoms with E-state index < -0.39 is 0 Å². The van der Waals surface area contributed by atoms with E-state index in [0.717, 1.165) is 18.8 Å². The Morgan fingerprint density at radius 1 is 1.33 bits per heavy atom. The maximum atomic E-state index is 13.8. The zero-order valence-electron chi connectivity index (χ0n) is 11.8. The largest absolute Gasteiger partial charge is 0.368 e. The second-order valence-corrected chi connectivity index (χ2v) is 4.88. The zero-order chi connectivity index (χ0) is 13.7. The number of nitrogens with zero attached hydrogens (tertiary/aromatic N) is 2. The van der Waals surface area contributed by atoms with Crippen LogP contribution in [0.5, 0.6) is 0 Å². The van der Waals surface area contributed by atoms with Gasteiger partial charge in [-0.25, -0.2) is 4.39 Å². The predicted molar refractivity (Wildman–Crippen MR) is 75.3 cm³/mol. The summed E-state index contributed by atoms with van der Waals surface area (Å²) in [4.78, 5) is 4.33. The number of anilines is 1. The van der Waals surface area contributed by atoms with Crippen molar-refractivity contribution in [2.45, 2.75) is 26.4 Å². The standard InChI is InChI=1S/C14H24FN3/c1-5-18(11(2)10-17(3)4)13-7-6-12(9-16)14(15)8-13/h6-8,11H,5,9-10,16H2,1-4H3. The average molecular weight is 253 g/mol. The molecule has 1 atom stereocenters. The van der Waals surface area contributed by atoms with Crippen LogP contribution in [0.2, 0.25) is 0 Å². The fourth-order valence-electron chi connectivity index (χ4n) is 2.26. The van der Waals surface area contributed by atoms with Crippen molar-refractivity contribution in [1.29, 1.82) is 0 Å². The fraction of sp³-hybridized carbons (Fsp3) is 0.571. The summed E-state index contributed by atoms with van der Waals surface area (Å²) in [5.41, 5.74) is 6.96.